The zero-order valence-electron chi connectivity index (χ0n) is 28.3. The summed E-state index contributed by atoms with van der Waals surface area (Å²) >= 11 is 0. The van der Waals surface area contributed by atoms with Crippen LogP contribution in [0.25, 0.3) is 0 Å². The van der Waals surface area contributed by atoms with Gasteiger partial charge in [-0.05, 0) is 106 Å². The first kappa shape index (κ1) is 35.2. The van der Waals surface area contributed by atoms with E-state index in [0.29, 0.717) is 11.3 Å². The van der Waals surface area contributed by atoms with E-state index in [1.165, 1.54) is 60.9 Å². The molecule has 4 rings (SSSR count). The number of hydrogen-bond acceptors (Lipinski definition) is 3. The van der Waals surface area contributed by atoms with Gasteiger partial charge in [-0.2, -0.15) is 0 Å². The standard InChI is InChI=1S/C22H37NOS.C17H22O/c1-7-9-13-22(14-10-8-2)17-25(6,24)21-12-11-20(23(4)5)16-19(21)15-18(22)3;1-17(2)11-9-15(10-12-17)4-3-14-5-7-16(13-18)8-6-14/h11-12,16,18H,6-10,13-15,17H2,1-5H3;5-11,18H,3-4,12-13H2,1-2H3/t18-,25?;/m1./s1. The zero-order valence-corrected chi connectivity index (χ0v) is 29.1. The van der Waals surface area contributed by atoms with Crippen LogP contribution in [0.15, 0.2) is 71.2 Å². The van der Waals surface area contributed by atoms with Gasteiger partial charge in [0.15, 0.2) is 0 Å². The van der Waals surface area contributed by atoms with Crippen LogP contribution in [0.4, 0.5) is 5.69 Å². The average molecular weight is 606 g/mol. The van der Waals surface area contributed by atoms with Gasteiger partial charge < -0.3 is 10.0 Å². The lowest BCUT2D eigenvalue weighted by Gasteiger charge is -2.39. The largest absolute Gasteiger partial charge is 0.392 e. The molecule has 2 aromatic carbocycles. The van der Waals surface area contributed by atoms with Gasteiger partial charge in [0.1, 0.15) is 0 Å². The minimum Gasteiger partial charge on any atom is -0.392 e. The van der Waals surface area contributed by atoms with Gasteiger partial charge in [0.2, 0.25) is 0 Å². The molecule has 43 heavy (non-hydrogen) atoms. The summed E-state index contributed by atoms with van der Waals surface area (Å²) < 4.78 is 13.7. The van der Waals surface area contributed by atoms with Crippen molar-refractivity contribution in [3.05, 3.63) is 83.0 Å². The van der Waals surface area contributed by atoms with Gasteiger partial charge >= 0.3 is 0 Å². The van der Waals surface area contributed by atoms with E-state index in [1.54, 1.807) is 0 Å². The molecule has 1 N–H and O–H groups in total. The van der Waals surface area contributed by atoms with E-state index >= 15 is 0 Å². The number of allylic oxidation sites excluding steroid dienone is 4. The van der Waals surface area contributed by atoms with Gasteiger partial charge in [-0.25, -0.2) is 0 Å². The predicted octanol–water partition coefficient (Wildman–Crippen LogP) is 9.41. The molecule has 2 atom stereocenters. The highest BCUT2D eigenvalue weighted by molar-refractivity contribution is 8.00. The lowest BCUT2D eigenvalue weighted by Crippen LogP contribution is -2.35. The Morgan fingerprint density at radius 2 is 1.60 bits per heavy atom. The van der Waals surface area contributed by atoms with Crippen molar-refractivity contribution in [2.24, 2.45) is 16.7 Å². The molecule has 0 amide bonds. The third-order valence-corrected chi connectivity index (χ3v) is 11.9. The minimum absolute atomic E-state index is 0.128. The summed E-state index contributed by atoms with van der Waals surface area (Å²) in [6, 6.07) is 14.7. The van der Waals surface area contributed by atoms with E-state index in [1.807, 2.05) is 12.1 Å². The van der Waals surface area contributed by atoms with Crippen LogP contribution in [0.1, 0.15) is 103 Å². The molecule has 2 aromatic rings. The Hall–Kier alpha value is -2.30. The number of unbranched alkanes of at least 4 members (excludes halogenated alkanes) is 2. The van der Waals surface area contributed by atoms with Gasteiger partial charge in [-0.15, -0.1) is 0 Å². The normalized spacial score (nSPS) is 22.0. The third kappa shape index (κ3) is 9.85. The van der Waals surface area contributed by atoms with Crippen LogP contribution < -0.4 is 4.90 Å². The molecule has 0 spiro atoms. The molecule has 238 valence electrons. The summed E-state index contributed by atoms with van der Waals surface area (Å²) in [5.41, 5.74) is 6.71. The van der Waals surface area contributed by atoms with E-state index in [0.717, 1.165) is 41.9 Å². The van der Waals surface area contributed by atoms with Gasteiger partial charge in [0.05, 0.1) is 6.61 Å². The van der Waals surface area contributed by atoms with Crippen molar-refractivity contribution in [1.29, 1.82) is 0 Å². The van der Waals surface area contributed by atoms with Gasteiger partial charge in [-0.3, -0.25) is 4.21 Å². The van der Waals surface area contributed by atoms with Crippen molar-refractivity contribution in [3.63, 3.8) is 0 Å². The summed E-state index contributed by atoms with van der Waals surface area (Å²) in [4.78, 5) is 3.14. The van der Waals surface area contributed by atoms with Crippen LogP contribution >= 0.6 is 0 Å². The molecule has 0 bridgehead atoms. The highest BCUT2D eigenvalue weighted by atomic mass is 32.2. The lowest BCUT2D eigenvalue weighted by molar-refractivity contribution is 0.163. The molecule has 1 unspecified atom stereocenters. The average Bonchev–Trinajstić information content (AvgIpc) is 3.06. The minimum atomic E-state index is -2.24. The van der Waals surface area contributed by atoms with Crippen molar-refractivity contribution in [3.8, 4) is 0 Å². The zero-order chi connectivity index (χ0) is 31.7. The molecule has 3 nitrogen and oxygen atoms in total. The molecule has 1 heterocycles. The van der Waals surface area contributed by atoms with Crippen molar-refractivity contribution < 1.29 is 9.32 Å². The Kier molecular flexibility index (Phi) is 12.8. The number of benzene rings is 2. The Morgan fingerprint density at radius 1 is 0.977 bits per heavy atom. The van der Waals surface area contributed by atoms with Crippen molar-refractivity contribution in [2.75, 3.05) is 24.7 Å². The third-order valence-electron chi connectivity index (χ3n) is 9.66. The number of aryl methyl sites for hydroxylation is 1. The maximum absolute atomic E-state index is 13.7. The van der Waals surface area contributed by atoms with Crippen molar-refractivity contribution in [2.45, 2.75) is 110 Å². The second-order valence-corrected chi connectivity index (χ2v) is 16.4. The van der Waals surface area contributed by atoms with Crippen molar-refractivity contribution in [1.82, 2.24) is 0 Å². The second-order valence-electron chi connectivity index (χ2n) is 14.1. The van der Waals surface area contributed by atoms with E-state index < -0.39 is 9.52 Å². The molecule has 4 heteroatoms. The molecular weight excluding hydrogens is 547 g/mol. The number of aliphatic hydroxyl groups excluding tert-OH is 1. The van der Waals surface area contributed by atoms with Crippen molar-refractivity contribution >= 4 is 21.1 Å². The first-order valence-electron chi connectivity index (χ1n) is 16.6. The summed E-state index contributed by atoms with van der Waals surface area (Å²) in [6.07, 6.45) is 18.5. The molecule has 1 aliphatic heterocycles. The fourth-order valence-electron chi connectivity index (χ4n) is 6.57. The van der Waals surface area contributed by atoms with E-state index in [2.05, 4.69) is 108 Å². The van der Waals surface area contributed by atoms with E-state index in [4.69, 9.17) is 5.11 Å². The lowest BCUT2D eigenvalue weighted by atomic mass is 9.69. The number of rotatable bonds is 11. The predicted molar refractivity (Wildman–Crippen MR) is 190 cm³/mol. The first-order valence-corrected chi connectivity index (χ1v) is 18.5. The number of hydrogen-bond donors (Lipinski definition) is 1. The van der Waals surface area contributed by atoms with E-state index in [-0.39, 0.29) is 12.0 Å². The Balaban J connectivity index is 0.000000248. The monoisotopic (exact) mass is 605 g/mol. The molecule has 0 saturated carbocycles. The summed E-state index contributed by atoms with van der Waals surface area (Å²) in [6.45, 7) is 11.6. The smallest absolute Gasteiger partial charge is 0.0681 e. The van der Waals surface area contributed by atoms with E-state index in [9.17, 15) is 4.21 Å². The number of fused-ring (bicyclic) bond motifs is 1. The summed E-state index contributed by atoms with van der Waals surface area (Å²) in [5, 5.41) is 8.99. The highest BCUT2D eigenvalue weighted by Crippen LogP contribution is 2.46. The van der Waals surface area contributed by atoms with Crippen LogP contribution in [-0.2, 0) is 29.0 Å². The van der Waals surface area contributed by atoms with Crippen LogP contribution in [0, 0.1) is 16.7 Å². The Morgan fingerprint density at radius 3 is 2.14 bits per heavy atom. The fourth-order valence-corrected chi connectivity index (χ4v) is 9.16. The summed E-state index contributed by atoms with van der Waals surface area (Å²) in [7, 11) is 1.89. The topological polar surface area (TPSA) is 40.5 Å². The molecular formula is C39H59NO2S. The van der Waals surface area contributed by atoms with Crippen LogP contribution in [0.2, 0.25) is 0 Å². The number of aliphatic hydroxyl groups is 1. The molecule has 0 fully saturated rings. The molecule has 1 aliphatic carbocycles. The van der Waals surface area contributed by atoms with Crippen LogP contribution in [-0.4, -0.2) is 35.0 Å². The van der Waals surface area contributed by atoms with Gasteiger partial charge in [0.25, 0.3) is 0 Å². The number of anilines is 1. The SMILES string of the molecule is C=S1(=O)CC(CCCC)(CCCC)[C@H](C)Cc2cc(N(C)C)ccc21.CC1(C)C=CC(CCc2ccc(CO)cc2)=CC1. The molecule has 0 saturated heterocycles. The van der Waals surface area contributed by atoms with Crippen LogP contribution in [0.3, 0.4) is 0 Å². The number of nitrogens with zero attached hydrogens (tertiary/aromatic N) is 1. The molecule has 0 radical (unpaired) electrons. The Labute approximate surface area is 264 Å². The van der Waals surface area contributed by atoms with Gasteiger partial charge in [-0.1, -0.05) is 108 Å². The quantitative estimate of drug-likeness (QED) is 0.259. The fraction of sp³-hybridized carbons (Fsp3) is 0.564. The maximum Gasteiger partial charge on any atom is 0.0681 e. The van der Waals surface area contributed by atoms with Crippen LogP contribution in [0.5, 0.6) is 0 Å². The highest BCUT2D eigenvalue weighted by Gasteiger charge is 2.41. The van der Waals surface area contributed by atoms with Gasteiger partial charge in [0, 0.05) is 30.4 Å². The maximum atomic E-state index is 13.7. The first-order chi connectivity index (χ1) is 20.3. The summed E-state index contributed by atoms with van der Waals surface area (Å²) in [5.74, 6) is 5.57. The Bertz CT molecular complexity index is 1320. The molecule has 0 aromatic heterocycles. The molecule has 2 aliphatic rings. The second kappa shape index (κ2) is 15.6.